The molecule has 38 heavy (non-hydrogen) atoms. The first kappa shape index (κ1) is 24.3. The molecule has 0 saturated carbocycles. The van der Waals surface area contributed by atoms with Crippen LogP contribution < -0.4 is 20.9 Å². The third-order valence-electron chi connectivity index (χ3n) is 7.25. The van der Waals surface area contributed by atoms with Crippen LogP contribution in [-0.2, 0) is 11.2 Å². The molecule has 6 rings (SSSR count). The van der Waals surface area contributed by atoms with Crippen molar-refractivity contribution < 1.29 is 9.53 Å². The number of nitrogen functional groups attached to an aromatic ring is 1. The molecule has 1 aromatic carbocycles. The molecule has 0 spiro atoms. The number of piperazine rings is 1. The summed E-state index contributed by atoms with van der Waals surface area (Å²) in [5.41, 5.74) is 10.1. The molecule has 2 aromatic heterocycles. The van der Waals surface area contributed by atoms with Crippen molar-refractivity contribution in [3.05, 3.63) is 42.2 Å². The number of benzene rings is 1. The van der Waals surface area contributed by atoms with E-state index < -0.39 is 0 Å². The van der Waals surface area contributed by atoms with Crippen LogP contribution >= 0.6 is 0 Å². The van der Waals surface area contributed by atoms with Crippen molar-refractivity contribution >= 4 is 35.1 Å². The number of nitrogens with zero attached hydrogens (tertiary/aromatic N) is 8. The maximum Gasteiger partial charge on any atom is 0.321 e. The van der Waals surface area contributed by atoms with Crippen LogP contribution in [0.5, 0.6) is 0 Å². The van der Waals surface area contributed by atoms with E-state index in [-0.39, 0.29) is 12.0 Å². The van der Waals surface area contributed by atoms with Gasteiger partial charge in [-0.3, -0.25) is 0 Å². The van der Waals surface area contributed by atoms with Crippen molar-refractivity contribution in [1.29, 1.82) is 0 Å². The SMILES string of the molecule is CN1CCN(C(=O)Nc2cccc(N3CCc4c(-c5cnc(N)nc5)nc(N5CCOCC5)nc43)c2)CC1. The summed E-state index contributed by atoms with van der Waals surface area (Å²) in [4.78, 5) is 39.7. The minimum atomic E-state index is -0.0698. The number of fused-ring (bicyclic) bond motifs is 1. The fraction of sp³-hybridized carbons (Fsp3) is 0.423. The Morgan fingerprint density at radius 2 is 1.76 bits per heavy atom. The van der Waals surface area contributed by atoms with Gasteiger partial charge < -0.3 is 35.4 Å². The van der Waals surface area contributed by atoms with E-state index in [2.05, 4.69) is 37.0 Å². The first-order chi connectivity index (χ1) is 18.5. The van der Waals surface area contributed by atoms with Crippen LogP contribution in [0.15, 0.2) is 36.7 Å². The quantitative estimate of drug-likeness (QED) is 0.530. The van der Waals surface area contributed by atoms with E-state index in [4.69, 9.17) is 20.4 Å². The zero-order valence-corrected chi connectivity index (χ0v) is 21.5. The number of morpholine rings is 1. The topological polar surface area (TPSA) is 129 Å². The van der Waals surface area contributed by atoms with Crippen LogP contribution in [0.25, 0.3) is 11.3 Å². The molecule has 2 amide bonds. The number of carbonyl (C=O) groups excluding carboxylic acids is 1. The number of amides is 2. The molecule has 12 nitrogen and oxygen atoms in total. The number of anilines is 5. The first-order valence-electron chi connectivity index (χ1n) is 13.0. The molecular weight excluding hydrogens is 484 g/mol. The van der Waals surface area contributed by atoms with Gasteiger partial charge in [-0.2, -0.15) is 4.98 Å². The molecule has 3 aliphatic heterocycles. The molecule has 0 radical (unpaired) electrons. The number of ether oxygens (including phenoxy) is 1. The van der Waals surface area contributed by atoms with E-state index in [1.807, 2.05) is 29.2 Å². The zero-order chi connectivity index (χ0) is 26.1. The summed E-state index contributed by atoms with van der Waals surface area (Å²) < 4.78 is 5.54. The first-order valence-corrected chi connectivity index (χ1v) is 13.0. The van der Waals surface area contributed by atoms with Gasteiger partial charge in [-0.05, 0) is 31.7 Å². The summed E-state index contributed by atoms with van der Waals surface area (Å²) >= 11 is 0. The van der Waals surface area contributed by atoms with Crippen molar-refractivity contribution in [2.75, 3.05) is 86.9 Å². The molecule has 2 saturated heterocycles. The Bertz CT molecular complexity index is 1300. The molecule has 3 aromatic rings. The van der Waals surface area contributed by atoms with Crippen molar-refractivity contribution in [3.8, 4) is 11.3 Å². The third kappa shape index (κ3) is 4.92. The highest BCUT2D eigenvalue weighted by Crippen LogP contribution is 2.39. The number of hydrogen-bond acceptors (Lipinski definition) is 10. The van der Waals surface area contributed by atoms with Gasteiger partial charge >= 0.3 is 6.03 Å². The van der Waals surface area contributed by atoms with E-state index in [9.17, 15) is 4.79 Å². The lowest BCUT2D eigenvalue weighted by atomic mass is 10.1. The minimum absolute atomic E-state index is 0.0698. The largest absolute Gasteiger partial charge is 0.378 e. The van der Waals surface area contributed by atoms with Gasteiger partial charge in [0.15, 0.2) is 0 Å². The highest BCUT2D eigenvalue weighted by atomic mass is 16.5. The Labute approximate surface area is 221 Å². The maximum atomic E-state index is 12.9. The van der Waals surface area contributed by atoms with Crippen LogP contribution in [-0.4, -0.2) is 102 Å². The van der Waals surface area contributed by atoms with Crippen molar-refractivity contribution in [1.82, 2.24) is 29.7 Å². The maximum absolute atomic E-state index is 12.9. The van der Waals surface area contributed by atoms with Crippen molar-refractivity contribution in [2.24, 2.45) is 0 Å². The standard InChI is InChI=1S/C26H32N10O2/c1-33-7-9-35(10-8-33)26(37)30-19-3-2-4-20(15-19)36-6-5-21-22(18-16-28-24(27)29-17-18)31-25(32-23(21)36)34-11-13-38-14-12-34/h2-4,15-17H,5-14H2,1H3,(H,30,37)(H2,27,28,29). The van der Waals surface area contributed by atoms with Crippen LogP contribution in [0.2, 0.25) is 0 Å². The molecule has 5 heterocycles. The molecule has 2 fully saturated rings. The van der Waals surface area contributed by atoms with Crippen LogP contribution in [0.1, 0.15) is 5.56 Å². The number of urea groups is 1. The van der Waals surface area contributed by atoms with E-state index in [0.717, 1.165) is 86.2 Å². The average molecular weight is 517 g/mol. The van der Waals surface area contributed by atoms with Crippen molar-refractivity contribution in [2.45, 2.75) is 6.42 Å². The Morgan fingerprint density at radius 1 is 1.00 bits per heavy atom. The Kier molecular flexibility index (Phi) is 6.64. The normalized spacial score (nSPS) is 18.0. The summed E-state index contributed by atoms with van der Waals surface area (Å²) in [5, 5.41) is 3.08. The molecular formula is C26H32N10O2. The van der Waals surface area contributed by atoms with Gasteiger partial charge in [0.1, 0.15) is 5.82 Å². The number of nitrogens with two attached hydrogens (primary N) is 1. The van der Waals surface area contributed by atoms with Crippen LogP contribution in [0.4, 0.5) is 33.9 Å². The average Bonchev–Trinajstić information content (AvgIpc) is 3.38. The van der Waals surface area contributed by atoms with Crippen molar-refractivity contribution in [3.63, 3.8) is 0 Å². The second kappa shape index (κ2) is 10.4. The number of hydrogen-bond donors (Lipinski definition) is 2. The van der Waals surface area contributed by atoms with Gasteiger partial charge in [0.25, 0.3) is 0 Å². The second-order valence-corrected chi connectivity index (χ2v) is 9.78. The predicted octanol–water partition coefficient (Wildman–Crippen LogP) is 1.83. The number of likely N-dealkylation sites (N-methyl/N-ethyl adjacent to an activating group) is 1. The minimum Gasteiger partial charge on any atom is -0.378 e. The highest BCUT2D eigenvalue weighted by molar-refractivity contribution is 5.90. The summed E-state index contributed by atoms with van der Waals surface area (Å²) in [6, 6.07) is 7.87. The number of carbonyl (C=O) groups is 1. The Balaban J connectivity index is 1.31. The highest BCUT2D eigenvalue weighted by Gasteiger charge is 2.29. The van der Waals surface area contributed by atoms with Gasteiger partial charge in [0.05, 0.1) is 18.9 Å². The Hall–Kier alpha value is -4.03. The molecule has 0 unspecified atom stereocenters. The summed E-state index contributed by atoms with van der Waals surface area (Å²) in [7, 11) is 2.08. The monoisotopic (exact) mass is 516 g/mol. The van der Waals surface area contributed by atoms with E-state index in [1.54, 1.807) is 12.4 Å². The van der Waals surface area contributed by atoms with E-state index in [1.165, 1.54) is 0 Å². The molecule has 198 valence electrons. The number of nitrogens with one attached hydrogen (secondary N) is 1. The number of rotatable bonds is 4. The van der Waals surface area contributed by atoms with Gasteiger partial charge in [-0.25, -0.2) is 19.7 Å². The number of aromatic nitrogens is 4. The van der Waals surface area contributed by atoms with Gasteiger partial charge in [-0.15, -0.1) is 0 Å². The lowest BCUT2D eigenvalue weighted by Gasteiger charge is -2.32. The molecule has 3 N–H and O–H groups in total. The zero-order valence-electron chi connectivity index (χ0n) is 21.5. The lowest BCUT2D eigenvalue weighted by Crippen LogP contribution is -2.48. The van der Waals surface area contributed by atoms with Gasteiger partial charge in [0.2, 0.25) is 11.9 Å². The fourth-order valence-corrected chi connectivity index (χ4v) is 5.06. The van der Waals surface area contributed by atoms with Crippen LogP contribution in [0, 0.1) is 0 Å². The predicted molar refractivity (Wildman–Crippen MR) is 146 cm³/mol. The molecule has 12 heteroatoms. The third-order valence-corrected chi connectivity index (χ3v) is 7.25. The second-order valence-electron chi connectivity index (χ2n) is 9.78. The van der Waals surface area contributed by atoms with E-state index >= 15 is 0 Å². The lowest BCUT2D eigenvalue weighted by molar-refractivity contribution is 0.122. The molecule has 3 aliphatic rings. The van der Waals surface area contributed by atoms with Crippen LogP contribution in [0.3, 0.4) is 0 Å². The summed E-state index contributed by atoms with van der Waals surface area (Å²) in [6.45, 7) is 6.68. The summed E-state index contributed by atoms with van der Waals surface area (Å²) in [5.74, 6) is 1.74. The molecule has 0 aliphatic carbocycles. The molecule has 0 atom stereocenters. The smallest absolute Gasteiger partial charge is 0.321 e. The van der Waals surface area contributed by atoms with Gasteiger partial charge in [-0.1, -0.05) is 6.07 Å². The Morgan fingerprint density at radius 3 is 2.53 bits per heavy atom. The van der Waals surface area contributed by atoms with E-state index in [0.29, 0.717) is 19.2 Å². The fourth-order valence-electron chi connectivity index (χ4n) is 5.06. The van der Waals surface area contributed by atoms with Gasteiger partial charge in [0, 0.05) is 80.7 Å². The molecule has 0 bridgehead atoms. The summed E-state index contributed by atoms with van der Waals surface area (Å²) in [6.07, 6.45) is 4.20.